The lowest BCUT2D eigenvalue weighted by atomic mass is 10.1. The maximum absolute atomic E-state index is 12.0. The first-order valence-electron chi connectivity index (χ1n) is 6.17. The monoisotopic (exact) mass is 305 g/mol. The molecule has 1 fully saturated rings. The average Bonchev–Trinajstić information content (AvgIpc) is 2.93. The van der Waals surface area contributed by atoms with E-state index in [2.05, 4.69) is 15.5 Å². The van der Waals surface area contributed by atoms with Crippen LogP contribution in [0.4, 0.5) is 0 Å². The second kappa shape index (κ2) is 5.50. The smallest absolute Gasteiger partial charge is 0.273 e. The molecule has 1 aromatic rings. The van der Waals surface area contributed by atoms with Gasteiger partial charge in [0.15, 0.2) is 5.69 Å². The fraction of sp³-hybridized carbons (Fsp3) is 0.636. The van der Waals surface area contributed by atoms with Crippen molar-refractivity contribution in [3.63, 3.8) is 0 Å². The van der Waals surface area contributed by atoms with E-state index in [4.69, 9.17) is 10.7 Å². The van der Waals surface area contributed by atoms with Crippen LogP contribution in [-0.4, -0.2) is 31.1 Å². The van der Waals surface area contributed by atoms with Crippen molar-refractivity contribution in [2.75, 3.05) is 6.54 Å². The molecule has 1 amide bonds. The van der Waals surface area contributed by atoms with Crippen LogP contribution in [0, 0.1) is 12.8 Å². The number of aromatic amines is 1. The molecule has 2 N–H and O–H groups in total. The molecule has 8 heteroatoms. The Morgan fingerprint density at radius 3 is 2.68 bits per heavy atom. The Kier molecular flexibility index (Phi) is 4.15. The molecule has 1 aromatic heterocycles. The van der Waals surface area contributed by atoms with Crippen LogP contribution in [-0.2, 0) is 9.05 Å². The van der Waals surface area contributed by atoms with Crippen LogP contribution < -0.4 is 5.32 Å². The molecule has 0 bridgehead atoms. The highest BCUT2D eigenvalue weighted by Gasteiger charge is 2.27. The highest BCUT2D eigenvalue weighted by Crippen LogP contribution is 2.24. The molecule has 0 atom stereocenters. The SMILES string of the molecule is Cc1[nH]nc(C(=O)NCC2CCCC2)c1S(=O)(=O)Cl. The molecule has 1 heterocycles. The number of nitrogens with one attached hydrogen (secondary N) is 2. The van der Waals surface area contributed by atoms with Crippen molar-refractivity contribution >= 4 is 25.6 Å². The number of hydrogen-bond acceptors (Lipinski definition) is 4. The molecule has 2 rings (SSSR count). The van der Waals surface area contributed by atoms with Crippen molar-refractivity contribution in [2.24, 2.45) is 5.92 Å². The number of nitrogens with zero attached hydrogens (tertiary/aromatic N) is 1. The number of rotatable bonds is 4. The van der Waals surface area contributed by atoms with Crippen molar-refractivity contribution in [1.29, 1.82) is 0 Å². The number of hydrogen-bond donors (Lipinski definition) is 2. The minimum absolute atomic E-state index is 0.162. The van der Waals surface area contributed by atoms with E-state index in [0.717, 1.165) is 12.8 Å². The summed E-state index contributed by atoms with van der Waals surface area (Å²) in [5.74, 6) is -0.0319. The molecule has 0 saturated heterocycles. The molecule has 106 valence electrons. The van der Waals surface area contributed by atoms with Crippen molar-refractivity contribution in [2.45, 2.75) is 37.5 Å². The van der Waals surface area contributed by atoms with Gasteiger partial charge in [0.25, 0.3) is 15.0 Å². The van der Waals surface area contributed by atoms with Gasteiger partial charge in [0.05, 0.1) is 5.69 Å². The van der Waals surface area contributed by atoms with Gasteiger partial charge in [-0.3, -0.25) is 9.89 Å². The fourth-order valence-corrected chi connectivity index (χ4v) is 3.75. The number of halogens is 1. The summed E-state index contributed by atoms with van der Waals surface area (Å²) < 4.78 is 22.9. The first-order valence-corrected chi connectivity index (χ1v) is 8.48. The Morgan fingerprint density at radius 2 is 2.11 bits per heavy atom. The van der Waals surface area contributed by atoms with Gasteiger partial charge in [-0.2, -0.15) is 5.10 Å². The molecule has 1 aliphatic carbocycles. The standard InChI is InChI=1S/C11H16ClN3O3S/c1-7-10(19(12,17)18)9(15-14-7)11(16)13-6-8-4-2-3-5-8/h8H,2-6H2,1H3,(H,13,16)(H,14,15). The Bertz CT molecular complexity index is 576. The molecule has 0 unspecified atom stereocenters. The molecular formula is C11H16ClN3O3S. The molecular weight excluding hydrogens is 290 g/mol. The third kappa shape index (κ3) is 3.27. The van der Waals surface area contributed by atoms with Crippen molar-refractivity contribution < 1.29 is 13.2 Å². The van der Waals surface area contributed by atoms with Gasteiger partial charge >= 0.3 is 0 Å². The normalized spacial score (nSPS) is 16.7. The van der Waals surface area contributed by atoms with Crippen LogP contribution in [0.15, 0.2) is 4.90 Å². The van der Waals surface area contributed by atoms with Gasteiger partial charge in [0, 0.05) is 17.2 Å². The number of H-pyrrole nitrogens is 1. The Balaban J connectivity index is 2.11. The topological polar surface area (TPSA) is 91.9 Å². The number of aromatic nitrogens is 2. The lowest BCUT2D eigenvalue weighted by Gasteiger charge is -2.09. The van der Waals surface area contributed by atoms with E-state index in [9.17, 15) is 13.2 Å². The van der Waals surface area contributed by atoms with E-state index < -0.39 is 15.0 Å². The number of carbonyl (C=O) groups is 1. The first kappa shape index (κ1) is 14.3. The second-order valence-corrected chi connectivity index (χ2v) is 7.33. The number of aryl methyl sites for hydroxylation is 1. The highest BCUT2D eigenvalue weighted by atomic mass is 35.7. The predicted octanol–water partition coefficient (Wildman–Crippen LogP) is 1.57. The summed E-state index contributed by atoms with van der Waals surface area (Å²) in [6, 6.07) is 0. The van der Waals surface area contributed by atoms with E-state index in [1.165, 1.54) is 19.8 Å². The van der Waals surface area contributed by atoms with Crippen molar-refractivity contribution in [1.82, 2.24) is 15.5 Å². The van der Waals surface area contributed by atoms with E-state index >= 15 is 0 Å². The number of carbonyl (C=O) groups excluding carboxylic acids is 1. The molecule has 19 heavy (non-hydrogen) atoms. The van der Waals surface area contributed by atoms with Gasteiger partial charge in [0.1, 0.15) is 4.90 Å². The van der Waals surface area contributed by atoms with Gasteiger partial charge in [0.2, 0.25) is 0 Å². The summed E-state index contributed by atoms with van der Waals surface area (Å²) >= 11 is 0. The summed E-state index contributed by atoms with van der Waals surface area (Å²) in [6.45, 7) is 2.06. The molecule has 0 radical (unpaired) electrons. The van der Waals surface area contributed by atoms with Crippen LogP contribution >= 0.6 is 10.7 Å². The quantitative estimate of drug-likeness (QED) is 0.826. The lowest BCUT2D eigenvalue weighted by molar-refractivity contribution is 0.0939. The molecule has 1 saturated carbocycles. The lowest BCUT2D eigenvalue weighted by Crippen LogP contribution is -2.29. The van der Waals surface area contributed by atoms with Crippen LogP contribution in [0.3, 0.4) is 0 Å². The van der Waals surface area contributed by atoms with Gasteiger partial charge in [-0.1, -0.05) is 12.8 Å². The fourth-order valence-electron chi connectivity index (χ4n) is 2.41. The largest absolute Gasteiger partial charge is 0.350 e. The second-order valence-electron chi connectivity index (χ2n) is 4.82. The highest BCUT2D eigenvalue weighted by molar-refractivity contribution is 8.13. The molecule has 0 spiro atoms. The maximum atomic E-state index is 12.0. The maximum Gasteiger partial charge on any atom is 0.273 e. The van der Waals surface area contributed by atoms with Gasteiger partial charge in [-0.25, -0.2) is 8.42 Å². The van der Waals surface area contributed by atoms with Crippen LogP contribution in [0.5, 0.6) is 0 Å². The van der Waals surface area contributed by atoms with Gasteiger partial charge in [-0.15, -0.1) is 0 Å². The van der Waals surface area contributed by atoms with E-state index in [1.54, 1.807) is 0 Å². The molecule has 0 aliphatic heterocycles. The molecule has 6 nitrogen and oxygen atoms in total. The summed E-state index contributed by atoms with van der Waals surface area (Å²) in [6.07, 6.45) is 4.56. The summed E-state index contributed by atoms with van der Waals surface area (Å²) in [7, 11) is 1.33. The van der Waals surface area contributed by atoms with E-state index in [1.807, 2.05) is 0 Å². The molecule has 1 aliphatic rings. The zero-order valence-corrected chi connectivity index (χ0v) is 12.1. The minimum Gasteiger partial charge on any atom is -0.350 e. The average molecular weight is 306 g/mol. The van der Waals surface area contributed by atoms with E-state index in [0.29, 0.717) is 12.5 Å². The van der Waals surface area contributed by atoms with Gasteiger partial charge < -0.3 is 5.32 Å². The Labute approximate surface area is 116 Å². The van der Waals surface area contributed by atoms with E-state index in [-0.39, 0.29) is 16.3 Å². The summed E-state index contributed by atoms with van der Waals surface area (Å²) in [5, 5.41) is 8.93. The zero-order chi connectivity index (χ0) is 14.0. The third-order valence-corrected chi connectivity index (χ3v) is 4.83. The van der Waals surface area contributed by atoms with Crippen LogP contribution in [0.2, 0.25) is 0 Å². The van der Waals surface area contributed by atoms with Crippen LogP contribution in [0.25, 0.3) is 0 Å². The summed E-state index contributed by atoms with van der Waals surface area (Å²) in [5.41, 5.74) is 0.103. The van der Waals surface area contributed by atoms with Crippen molar-refractivity contribution in [3.8, 4) is 0 Å². The minimum atomic E-state index is -3.99. The van der Waals surface area contributed by atoms with Gasteiger partial charge in [-0.05, 0) is 25.7 Å². The third-order valence-electron chi connectivity index (χ3n) is 3.38. The zero-order valence-electron chi connectivity index (χ0n) is 10.6. The first-order chi connectivity index (χ1) is 8.89. The van der Waals surface area contributed by atoms with Crippen molar-refractivity contribution in [3.05, 3.63) is 11.4 Å². The Hall–Kier alpha value is -1.08. The predicted molar refractivity (Wildman–Crippen MR) is 70.7 cm³/mol. The Morgan fingerprint density at radius 1 is 1.47 bits per heavy atom. The molecule has 0 aromatic carbocycles. The summed E-state index contributed by atoms with van der Waals surface area (Å²) in [4.78, 5) is 11.7. The number of amides is 1. The van der Waals surface area contributed by atoms with Crippen LogP contribution in [0.1, 0.15) is 41.9 Å².